The summed E-state index contributed by atoms with van der Waals surface area (Å²) in [6.07, 6.45) is 0.742. The molecular weight excluding hydrogens is 355 g/mol. The van der Waals surface area contributed by atoms with Crippen molar-refractivity contribution in [3.63, 3.8) is 0 Å². The van der Waals surface area contributed by atoms with Crippen molar-refractivity contribution in [2.75, 3.05) is 21.3 Å². The van der Waals surface area contributed by atoms with Crippen molar-refractivity contribution in [1.29, 1.82) is 0 Å². The normalized spacial score (nSPS) is 17.3. The first kappa shape index (κ1) is 16.4. The number of hydrazone groups is 1. The first-order valence-corrected chi connectivity index (χ1v) is 8.58. The maximum Gasteiger partial charge on any atom is 0.127 e. The van der Waals surface area contributed by atoms with Gasteiger partial charge in [-0.25, -0.2) is 0 Å². The number of thiophene rings is 1. The molecule has 0 N–H and O–H groups in total. The van der Waals surface area contributed by atoms with Gasteiger partial charge in [0.05, 0.1) is 30.3 Å². The molecule has 23 heavy (non-hydrogen) atoms. The number of methoxy groups -OCH3 is 2. The van der Waals surface area contributed by atoms with Crippen LogP contribution in [0.4, 0.5) is 0 Å². The summed E-state index contributed by atoms with van der Waals surface area (Å²) in [5.74, 6) is 1.55. The highest BCUT2D eigenvalue weighted by Gasteiger charge is 2.30. The molecule has 1 atom stereocenters. The van der Waals surface area contributed by atoms with E-state index in [1.807, 2.05) is 36.3 Å². The fourth-order valence-corrected chi connectivity index (χ4v) is 4.23. The van der Waals surface area contributed by atoms with Crippen LogP contribution in [0.3, 0.4) is 0 Å². The van der Waals surface area contributed by atoms with Crippen molar-refractivity contribution in [2.24, 2.45) is 5.10 Å². The van der Waals surface area contributed by atoms with E-state index >= 15 is 0 Å². The van der Waals surface area contributed by atoms with Crippen LogP contribution >= 0.6 is 34.5 Å². The van der Waals surface area contributed by atoms with Gasteiger partial charge in [-0.05, 0) is 18.2 Å². The van der Waals surface area contributed by atoms with Gasteiger partial charge in [-0.15, -0.1) is 11.3 Å². The quantitative estimate of drug-likeness (QED) is 0.770. The van der Waals surface area contributed by atoms with Gasteiger partial charge in [-0.3, -0.25) is 5.01 Å². The van der Waals surface area contributed by atoms with Gasteiger partial charge in [0.15, 0.2) is 0 Å². The number of hydrogen-bond donors (Lipinski definition) is 0. The maximum atomic E-state index is 6.26. The van der Waals surface area contributed by atoms with Crippen LogP contribution in [0.25, 0.3) is 0 Å². The zero-order valence-electron chi connectivity index (χ0n) is 13.0. The van der Waals surface area contributed by atoms with Crippen molar-refractivity contribution in [3.8, 4) is 11.5 Å². The van der Waals surface area contributed by atoms with Gasteiger partial charge in [-0.1, -0.05) is 23.2 Å². The van der Waals surface area contributed by atoms with Gasteiger partial charge in [0.2, 0.25) is 0 Å². The molecule has 0 saturated carbocycles. The largest absolute Gasteiger partial charge is 0.497 e. The lowest BCUT2D eigenvalue weighted by Crippen LogP contribution is -2.15. The first-order chi connectivity index (χ1) is 11.0. The van der Waals surface area contributed by atoms with E-state index in [4.69, 9.17) is 32.7 Å². The summed E-state index contributed by atoms with van der Waals surface area (Å²) in [5, 5.41) is 6.57. The Kier molecular flexibility index (Phi) is 4.71. The number of nitrogens with zero attached hydrogens (tertiary/aromatic N) is 2. The second kappa shape index (κ2) is 6.59. The molecule has 0 spiro atoms. The molecule has 2 aromatic rings. The summed E-state index contributed by atoms with van der Waals surface area (Å²) in [6.45, 7) is 0. The summed E-state index contributed by atoms with van der Waals surface area (Å²) < 4.78 is 12.1. The highest BCUT2D eigenvalue weighted by atomic mass is 35.5. The van der Waals surface area contributed by atoms with E-state index in [1.54, 1.807) is 14.2 Å². The zero-order valence-corrected chi connectivity index (χ0v) is 15.3. The average molecular weight is 371 g/mol. The lowest BCUT2D eigenvalue weighted by atomic mass is 9.99. The molecule has 1 aromatic carbocycles. The van der Waals surface area contributed by atoms with Gasteiger partial charge in [-0.2, -0.15) is 5.10 Å². The third-order valence-corrected chi connectivity index (χ3v) is 5.37. The molecule has 0 saturated heterocycles. The van der Waals surface area contributed by atoms with Gasteiger partial charge >= 0.3 is 0 Å². The Morgan fingerprint density at radius 1 is 1.22 bits per heavy atom. The Bertz CT molecular complexity index is 761. The second-order valence-corrected chi connectivity index (χ2v) is 7.47. The number of rotatable bonds is 4. The van der Waals surface area contributed by atoms with E-state index in [-0.39, 0.29) is 6.04 Å². The van der Waals surface area contributed by atoms with Crippen LogP contribution < -0.4 is 9.47 Å². The third kappa shape index (κ3) is 3.13. The summed E-state index contributed by atoms with van der Waals surface area (Å²) in [5.41, 5.74) is 2.90. The van der Waals surface area contributed by atoms with Gasteiger partial charge < -0.3 is 9.47 Å². The minimum absolute atomic E-state index is 0.0839. The van der Waals surface area contributed by atoms with Crippen LogP contribution in [-0.2, 0) is 0 Å². The molecule has 0 amide bonds. The molecular formula is C16H16Cl2N2O2S. The molecule has 1 aliphatic heterocycles. The predicted molar refractivity (Wildman–Crippen MR) is 95.5 cm³/mol. The van der Waals surface area contributed by atoms with Crippen molar-refractivity contribution in [3.05, 3.63) is 44.1 Å². The minimum Gasteiger partial charge on any atom is -0.497 e. The number of hydrogen-bond acceptors (Lipinski definition) is 5. The molecule has 0 fully saturated rings. The summed E-state index contributed by atoms with van der Waals surface area (Å²) >= 11 is 13.7. The van der Waals surface area contributed by atoms with Gasteiger partial charge in [0.1, 0.15) is 15.8 Å². The Hall–Kier alpha value is -1.43. The lowest BCUT2D eigenvalue weighted by molar-refractivity contribution is 0.280. The molecule has 3 rings (SSSR count). The van der Waals surface area contributed by atoms with E-state index < -0.39 is 0 Å². The molecule has 1 aromatic heterocycles. The lowest BCUT2D eigenvalue weighted by Gasteiger charge is -2.21. The highest BCUT2D eigenvalue weighted by molar-refractivity contribution is 7.20. The van der Waals surface area contributed by atoms with Crippen molar-refractivity contribution in [1.82, 2.24) is 5.01 Å². The summed E-state index contributed by atoms with van der Waals surface area (Å²) in [4.78, 5) is 0. The van der Waals surface area contributed by atoms with Crippen molar-refractivity contribution >= 4 is 40.3 Å². The monoisotopic (exact) mass is 370 g/mol. The molecule has 0 aliphatic carbocycles. The van der Waals surface area contributed by atoms with E-state index in [0.29, 0.717) is 8.67 Å². The van der Waals surface area contributed by atoms with Crippen LogP contribution in [0, 0.1) is 0 Å². The van der Waals surface area contributed by atoms with Crippen molar-refractivity contribution < 1.29 is 9.47 Å². The van der Waals surface area contributed by atoms with Crippen LogP contribution in [-0.4, -0.2) is 32.0 Å². The molecule has 2 heterocycles. The van der Waals surface area contributed by atoms with Crippen LogP contribution in [0.2, 0.25) is 8.67 Å². The Morgan fingerprint density at radius 3 is 2.61 bits per heavy atom. The van der Waals surface area contributed by atoms with E-state index in [2.05, 4.69) is 5.10 Å². The van der Waals surface area contributed by atoms with Gasteiger partial charge in [0, 0.05) is 30.7 Å². The molecule has 1 unspecified atom stereocenters. The summed E-state index contributed by atoms with van der Waals surface area (Å²) in [7, 11) is 5.24. The topological polar surface area (TPSA) is 34.1 Å². The number of halogens is 2. The van der Waals surface area contributed by atoms with E-state index in [9.17, 15) is 0 Å². The second-order valence-electron chi connectivity index (χ2n) is 5.19. The van der Waals surface area contributed by atoms with E-state index in [0.717, 1.165) is 34.8 Å². The Morgan fingerprint density at radius 2 is 2.00 bits per heavy atom. The molecule has 7 heteroatoms. The molecule has 0 radical (unpaired) electrons. The van der Waals surface area contributed by atoms with Gasteiger partial charge in [0.25, 0.3) is 0 Å². The standard InChI is InChI=1S/C16H16Cl2N2O2S/c1-20-13(10-5-4-9(21-2)6-14(10)22-3)8-12(19-20)11-7-15(17)23-16(11)18/h4-7,13H,8H2,1-3H3. The molecule has 4 nitrogen and oxygen atoms in total. The Balaban J connectivity index is 1.91. The predicted octanol–water partition coefficient (Wildman–Crippen LogP) is 4.85. The SMILES string of the molecule is COc1ccc(C2CC(c3cc(Cl)sc3Cl)=NN2C)c(OC)c1. The van der Waals surface area contributed by atoms with Crippen LogP contribution in [0.1, 0.15) is 23.6 Å². The number of benzene rings is 1. The molecule has 1 aliphatic rings. The Labute approximate surface area is 149 Å². The first-order valence-electron chi connectivity index (χ1n) is 7.01. The summed E-state index contributed by atoms with van der Waals surface area (Å²) in [6, 6.07) is 7.78. The molecule has 0 bridgehead atoms. The minimum atomic E-state index is 0.0839. The fourth-order valence-electron chi connectivity index (χ4n) is 2.72. The molecule has 122 valence electrons. The fraction of sp³-hybridized carbons (Fsp3) is 0.312. The highest BCUT2D eigenvalue weighted by Crippen LogP contribution is 2.40. The maximum absolute atomic E-state index is 6.26. The third-order valence-electron chi connectivity index (χ3n) is 3.88. The number of ether oxygens (including phenoxy) is 2. The average Bonchev–Trinajstić information content (AvgIpc) is 3.08. The van der Waals surface area contributed by atoms with Crippen LogP contribution in [0.5, 0.6) is 11.5 Å². The smallest absolute Gasteiger partial charge is 0.127 e. The van der Waals surface area contributed by atoms with Crippen molar-refractivity contribution in [2.45, 2.75) is 12.5 Å². The van der Waals surface area contributed by atoms with Crippen LogP contribution in [0.15, 0.2) is 29.4 Å². The zero-order chi connectivity index (χ0) is 16.6. The van der Waals surface area contributed by atoms with E-state index in [1.165, 1.54) is 11.3 Å².